The van der Waals surface area contributed by atoms with E-state index >= 15 is 0 Å². The van der Waals surface area contributed by atoms with Crippen molar-refractivity contribution in [2.24, 2.45) is 0 Å². The van der Waals surface area contributed by atoms with Crippen LogP contribution in [-0.2, 0) is 16.2 Å². The van der Waals surface area contributed by atoms with E-state index in [-0.39, 0.29) is 10.8 Å². The van der Waals surface area contributed by atoms with Crippen LogP contribution in [0, 0.1) is 0 Å². The van der Waals surface area contributed by atoms with Crippen molar-refractivity contribution in [3.63, 3.8) is 0 Å². The van der Waals surface area contributed by atoms with Gasteiger partial charge in [0.1, 0.15) is 0 Å². The third-order valence-corrected chi connectivity index (χ3v) is 17.3. The molecule has 2 heteroatoms. The first-order chi connectivity index (χ1) is 35.6. The van der Waals surface area contributed by atoms with Gasteiger partial charge in [0.2, 0.25) is 0 Å². The maximum absolute atomic E-state index is 2.54. The largest absolute Gasteiger partial charge is 0.344 e. The predicted octanol–water partition coefficient (Wildman–Crippen LogP) is 18.2. The zero-order valence-electron chi connectivity index (χ0n) is 42.3. The molecule has 14 rings (SSSR count). The summed E-state index contributed by atoms with van der Waals surface area (Å²) in [7, 11) is 4.51. The van der Waals surface area contributed by atoms with Gasteiger partial charge >= 0.3 is 0 Å². The van der Waals surface area contributed by atoms with Gasteiger partial charge < -0.3 is 9.80 Å². The van der Waals surface area contributed by atoms with Gasteiger partial charge in [0, 0.05) is 47.4 Å². The SMILES string of the molecule is CN1c2ccccc2C(C)(C)c2cccc(-c3cccc4c(-c5cccc6c5C(c5ccccc5)(c5ccccc5)c5ccccc5-6)c5cccc(-c6cccc7c6N(C)c6ccccc6C7(C)C)c5cc34)c21. The fourth-order valence-electron chi connectivity index (χ4n) is 14.0. The van der Waals surface area contributed by atoms with E-state index in [1.54, 1.807) is 0 Å². The molecule has 73 heavy (non-hydrogen) atoms. The molecule has 0 N–H and O–H groups in total. The van der Waals surface area contributed by atoms with E-state index in [1.807, 2.05) is 0 Å². The van der Waals surface area contributed by atoms with Gasteiger partial charge in [0.25, 0.3) is 0 Å². The van der Waals surface area contributed by atoms with Crippen LogP contribution < -0.4 is 9.80 Å². The second-order valence-electron chi connectivity index (χ2n) is 21.6. The summed E-state index contributed by atoms with van der Waals surface area (Å²) >= 11 is 0. The molecule has 11 aromatic rings. The van der Waals surface area contributed by atoms with E-state index in [0.29, 0.717) is 0 Å². The Morgan fingerprint density at radius 2 is 0.658 bits per heavy atom. The summed E-state index contributed by atoms with van der Waals surface area (Å²) in [6.07, 6.45) is 0. The van der Waals surface area contributed by atoms with E-state index in [0.717, 1.165) is 0 Å². The summed E-state index contributed by atoms with van der Waals surface area (Å²) in [6, 6.07) is 87.3. The van der Waals surface area contributed by atoms with E-state index in [1.165, 1.54) is 133 Å². The molecular weight excluding hydrogens is 881 g/mol. The number of hydrogen-bond donors (Lipinski definition) is 0. The van der Waals surface area contributed by atoms with Gasteiger partial charge in [-0.15, -0.1) is 0 Å². The van der Waals surface area contributed by atoms with Crippen molar-refractivity contribution in [2.75, 3.05) is 23.9 Å². The standard InChI is InChI=1S/C71H56N2/c1-69(2)59-38-15-17-42-63(59)72(5)67-53(34-22-40-61(67)69)47-29-19-31-50-56(47)44-57-48(54-35-23-41-62-68(54)73(6)64-43-18-16-39-60(64)70(62,3)4)30-20-32-51(57)65(50)55-36-21-33-52-49-28-13-14-37-58(49)71(66(52)55,45-24-9-7-10-25-45)46-26-11-8-12-27-46/h7-44H,1-6H3. The molecule has 0 unspecified atom stereocenters. The molecular formula is C71H56N2. The monoisotopic (exact) mass is 936 g/mol. The van der Waals surface area contributed by atoms with E-state index in [4.69, 9.17) is 0 Å². The van der Waals surface area contributed by atoms with Crippen LogP contribution in [0.4, 0.5) is 22.7 Å². The summed E-state index contributed by atoms with van der Waals surface area (Å²) in [5.41, 5.74) is 24.5. The minimum atomic E-state index is -0.602. The number of nitrogens with zero attached hydrogens (tertiary/aromatic N) is 2. The van der Waals surface area contributed by atoms with Gasteiger partial charge in [-0.1, -0.05) is 240 Å². The fraction of sp³-hybridized carbons (Fsp3) is 0.127. The van der Waals surface area contributed by atoms with Crippen molar-refractivity contribution < 1.29 is 0 Å². The molecule has 0 bridgehead atoms. The number of hydrogen-bond acceptors (Lipinski definition) is 2. The Bertz CT molecular complexity index is 3850. The molecule has 3 aliphatic rings. The number of para-hydroxylation sites is 4. The molecule has 0 saturated heterocycles. The minimum Gasteiger partial charge on any atom is -0.344 e. The Morgan fingerprint density at radius 1 is 0.288 bits per heavy atom. The summed E-state index contributed by atoms with van der Waals surface area (Å²) in [5.74, 6) is 0. The molecule has 0 aromatic heterocycles. The van der Waals surface area contributed by atoms with E-state index < -0.39 is 5.41 Å². The molecule has 0 amide bonds. The molecule has 0 saturated carbocycles. The summed E-state index contributed by atoms with van der Waals surface area (Å²) in [4.78, 5) is 4.89. The third-order valence-electron chi connectivity index (χ3n) is 17.3. The zero-order chi connectivity index (χ0) is 49.4. The van der Waals surface area contributed by atoms with Crippen LogP contribution in [0.15, 0.2) is 231 Å². The van der Waals surface area contributed by atoms with Crippen molar-refractivity contribution >= 4 is 44.3 Å². The summed E-state index contributed by atoms with van der Waals surface area (Å²) in [5, 5.41) is 4.94. The lowest BCUT2D eigenvalue weighted by Gasteiger charge is -2.41. The maximum atomic E-state index is 2.54. The smallest absolute Gasteiger partial charge is 0.0719 e. The van der Waals surface area contributed by atoms with Gasteiger partial charge in [0.05, 0.1) is 16.8 Å². The highest BCUT2D eigenvalue weighted by Crippen LogP contribution is 2.61. The zero-order valence-corrected chi connectivity index (χ0v) is 42.3. The Labute approximate surface area is 429 Å². The lowest BCUT2D eigenvalue weighted by atomic mass is 9.65. The van der Waals surface area contributed by atoms with Crippen LogP contribution in [-0.4, -0.2) is 14.1 Å². The van der Waals surface area contributed by atoms with Crippen molar-refractivity contribution in [1.29, 1.82) is 0 Å². The number of rotatable bonds is 5. The molecule has 0 atom stereocenters. The van der Waals surface area contributed by atoms with Gasteiger partial charge in [0.15, 0.2) is 0 Å². The first kappa shape index (κ1) is 43.3. The van der Waals surface area contributed by atoms with Crippen LogP contribution in [0.25, 0.3) is 66.1 Å². The maximum Gasteiger partial charge on any atom is 0.0719 e. The molecule has 2 heterocycles. The Kier molecular flexibility index (Phi) is 9.36. The van der Waals surface area contributed by atoms with E-state index in [9.17, 15) is 0 Å². The average Bonchev–Trinajstić information content (AvgIpc) is 3.75. The lowest BCUT2D eigenvalue weighted by Crippen LogP contribution is -2.31. The highest BCUT2D eigenvalue weighted by atomic mass is 15.1. The van der Waals surface area contributed by atoms with Crippen molar-refractivity contribution in [3.05, 3.63) is 275 Å². The van der Waals surface area contributed by atoms with Gasteiger partial charge in [-0.05, 0) is 118 Å². The second-order valence-corrected chi connectivity index (χ2v) is 21.6. The predicted molar refractivity (Wildman–Crippen MR) is 308 cm³/mol. The van der Waals surface area contributed by atoms with Crippen LogP contribution in [0.2, 0.25) is 0 Å². The molecule has 2 nitrogen and oxygen atoms in total. The highest BCUT2D eigenvalue weighted by molar-refractivity contribution is 6.21. The third kappa shape index (κ3) is 5.87. The van der Waals surface area contributed by atoms with Gasteiger partial charge in [-0.3, -0.25) is 0 Å². The Hall–Kier alpha value is -8.46. The fourth-order valence-corrected chi connectivity index (χ4v) is 14.0. The van der Waals surface area contributed by atoms with Crippen molar-refractivity contribution in [2.45, 2.75) is 43.9 Å². The van der Waals surface area contributed by atoms with Gasteiger partial charge in [-0.25, -0.2) is 0 Å². The van der Waals surface area contributed by atoms with E-state index in [2.05, 4.69) is 282 Å². The topological polar surface area (TPSA) is 6.48 Å². The van der Waals surface area contributed by atoms with Gasteiger partial charge in [-0.2, -0.15) is 0 Å². The first-order valence-electron chi connectivity index (χ1n) is 25.9. The molecule has 0 radical (unpaired) electrons. The second kappa shape index (κ2) is 15.8. The minimum absolute atomic E-state index is 0.202. The van der Waals surface area contributed by atoms with Crippen LogP contribution in [0.5, 0.6) is 0 Å². The first-order valence-corrected chi connectivity index (χ1v) is 25.9. The number of anilines is 4. The van der Waals surface area contributed by atoms with Crippen LogP contribution >= 0.6 is 0 Å². The number of fused-ring (bicyclic) bond motifs is 9. The lowest BCUT2D eigenvalue weighted by molar-refractivity contribution is 0.630. The molecule has 350 valence electrons. The highest BCUT2D eigenvalue weighted by Gasteiger charge is 2.48. The van der Waals surface area contributed by atoms with Crippen LogP contribution in [0.3, 0.4) is 0 Å². The van der Waals surface area contributed by atoms with Crippen molar-refractivity contribution in [1.82, 2.24) is 0 Å². The molecule has 0 spiro atoms. The Balaban J connectivity index is 1.14. The molecule has 1 aliphatic carbocycles. The Morgan fingerprint density at radius 3 is 1.18 bits per heavy atom. The molecule has 2 aliphatic heterocycles. The molecule has 11 aromatic carbocycles. The molecule has 0 fully saturated rings. The normalized spacial score (nSPS) is 15.3. The number of benzene rings is 11. The summed E-state index contributed by atoms with van der Waals surface area (Å²) < 4.78 is 0. The average molecular weight is 937 g/mol. The quantitative estimate of drug-likeness (QED) is 0.159. The van der Waals surface area contributed by atoms with Crippen LogP contribution in [0.1, 0.15) is 72.2 Å². The summed E-state index contributed by atoms with van der Waals surface area (Å²) in [6.45, 7) is 9.55. The van der Waals surface area contributed by atoms with Crippen molar-refractivity contribution in [3.8, 4) is 44.5 Å².